The normalized spacial score (nSPS) is 25.1. The van der Waals surface area contributed by atoms with Crippen molar-refractivity contribution in [3.8, 4) is 0 Å². The number of rotatable bonds is 6. The van der Waals surface area contributed by atoms with Gasteiger partial charge in [0.05, 0.1) is 6.33 Å². The standard InChI is InChI=1S/C20H25N3O/c24-20(11-19-10-15-4-5-18(19)9-15)22-12-16-2-1-3-17(8-16)13-23-7-6-21-14-23/h1-3,6-8,14-15,18-19H,4-5,9-13H2,(H,22,24)/t15-,18-,19-/m0/s1. The minimum absolute atomic E-state index is 0.215. The third-order valence-corrected chi connectivity index (χ3v) is 5.74. The van der Waals surface area contributed by atoms with Gasteiger partial charge >= 0.3 is 0 Å². The van der Waals surface area contributed by atoms with Gasteiger partial charge in [-0.05, 0) is 48.1 Å². The number of carbonyl (C=O) groups excluding carboxylic acids is 1. The van der Waals surface area contributed by atoms with E-state index >= 15 is 0 Å². The summed E-state index contributed by atoms with van der Waals surface area (Å²) in [4.78, 5) is 16.3. The summed E-state index contributed by atoms with van der Waals surface area (Å²) < 4.78 is 2.05. The fraction of sp³-hybridized carbons (Fsp3) is 0.500. The van der Waals surface area contributed by atoms with Gasteiger partial charge in [-0.25, -0.2) is 4.98 Å². The van der Waals surface area contributed by atoms with Crippen LogP contribution >= 0.6 is 0 Å². The molecular formula is C20H25N3O. The van der Waals surface area contributed by atoms with Gasteiger partial charge in [0, 0.05) is 31.9 Å². The van der Waals surface area contributed by atoms with Crippen LogP contribution in [0.2, 0.25) is 0 Å². The van der Waals surface area contributed by atoms with Crippen LogP contribution in [0.3, 0.4) is 0 Å². The number of imidazole rings is 1. The van der Waals surface area contributed by atoms with Crippen LogP contribution in [0.1, 0.15) is 43.2 Å². The van der Waals surface area contributed by atoms with Crippen LogP contribution in [0.4, 0.5) is 0 Å². The van der Waals surface area contributed by atoms with Crippen molar-refractivity contribution in [3.05, 3.63) is 54.1 Å². The number of nitrogens with one attached hydrogen (secondary N) is 1. The number of carbonyl (C=O) groups is 1. The monoisotopic (exact) mass is 323 g/mol. The SMILES string of the molecule is O=C(C[C@@H]1C[C@H]2CC[C@H]1C2)NCc1cccc(Cn2ccnc2)c1. The number of amides is 1. The molecule has 24 heavy (non-hydrogen) atoms. The Balaban J connectivity index is 1.28. The maximum absolute atomic E-state index is 12.3. The highest BCUT2D eigenvalue weighted by Gasteiger charge is 2.39. The highest BCUT2D eigenvalue weighted by Crippen LogP contribution is 2.49. The van der Waals surface area contributed by atoms with E-state index in [9.17, 15) is 4.79 Å². The molecule has 0 aliphatic heterocycles. The van der Waals surface area contributed by atoms with E-state index in [1.165, 1.54) is 31.2 Å². The van der Waals surface area contributed by atoms with Crippen LogP contribution in [0.25, 0.3) is 0 Å². The zero-order valence-corrected chi connectivity index (χ0v) is 14.0. The molecule has 126 valence electrons. The third-order valence-electron chi connectivity index (χ3n) is 5.74. The second-order valence-corrected chi connectivity index (χ2v) is 7.47. The number of nitrogens with zero attached hydrogens (tertiary/aromatic N) is 2. The predicted molar refractivity (Wildman–Crippen MR) is 93.2 cm³/mol. The minimum Gasteiger partial charge on any atom is -0.352 e. The number of fused-ring (bicyclic) bond motifs is 2. The Morgan fingerprint density at radius 2 is 2.17 bits per heavy atom. The minimum atomic E-state index is 0.215. The van der Waals surface area contributed by atoms with Crippen molar-refractivity contribution >= 4 is 5.91 Å². The first-order valence-corrected chi connectivity index (χ1v) is 9.06. The average Bonchev–Trinajstić information content (AvgIpc) is 3.31. The Morgan fingerprint density at radius 1 is 1.25 bits per heavy atom. The number of hydrogen-bond acceptors (Lipinski definition) is 2. The molecule has 1 amide bonds. The van der Waals surface area contributed by atoms with Crippen LogP contribution in [0.5, 0.6) is 0 Å². The van der Waals surface area contributed by atoms with Crippen molar-refractivity contribution in [1.29, 1.82) is 0 Å². The summed E-state index contributed by atoms with van der Waals surface area (Å²) in [5, 5.41) is 3.11. The number of aromatic nitrogens is 2. The topological polar surface area (TPSA) is 46.9 Å². The molecule has 2 bridgehead atoms. The lowest BCUT2D eigenvalue weighted by atomic mass is 9.86. The van der Waals surface area contributed by atoms with E-state index < -0.39 is 0 Å². The zero-order chi connectivity index (χ0) is 16.4. The van der Waals surface area contributed by atoms with E-state index in [-0.39, 0.29) is 5.91 Å². The summed E-state index contributed by atoms with van der Waals surface area (Å²) >= 11 is 0. The maximum atomic E-state index is 12.3. The number of hydrogen-bond donors (Lipinski definition) is 1. The molecule has 2 saturated carbocycles. The Kier molecular flexibility index (Phi) is 4.37. The first-order chi connectivity index (χ1) is 11.8. The van der Waals surface area contributed by atoms with Crippen LogP contribution in [0.15, 0.2) is 43.0 Å². The van der Waals surface area contributed by atoms with Gasteiger partial charge in [0.2, 0.25) is 5.91 Å². The molecule has 0 unspecified atom stereocenters. The van der Waals surface area contributed by atoms with Crippen LogP contribution < -0.4 is 5.32 Å². The second kappa shape index (κ2) is 6.80. The van der Waals surface area contributed by atoms with Gasteiger partial charge in [0.15, 0.2) is 0 Å². The fourth-order valence-corrected chi connectivity index (χ4v) is 4.57. The lowest BCUT2D eigenvalue weighted by molar-refractivity contribution is -0.122. The van der Waals surface area contributed by atoms with E-state index in [2.05, 4.69) is 34.6 Å². The molecule has 2 aliphatic carbocycles. The molecule has 4 rings (SSSR count). The Bertz CT molecular complexity index is 695. The van der Waals surface area contributed by atoms with Crippen LogP contribution in [0, 0.1) is 17.8 Å². The van der Waals surface area contributed by atoms with Gasteiger partial charge < -0.3 is 9.88 Å². The van der Waals surface area contributed by atoms with Crippen LogP contribution in [-0.2, 0) is 17.9 Å². The zero-order valence-electron chi connectivity index (χ0n) is 14.0. The van der Waals surface area contributed by atoms with Gasteiger partial charge in [-0.1, -0.05) is 30.7 Å². The molecule has 2 aliphatic rings. The summed E-state index contributed by atoms with van der Waals surface area (Å²) in [5.74, 6) is 2.58. The van der Waals surface area contributed by atoms with Crippen molar-refractivity contribution in [2.45, 2.75) is 45.2 Å². The lowest BCUT2D eigenvalue weighted by Gasteiger charge is -2.20. The quantitative estimate of drug-likeness (QED) is 0.886. The predicted octanol–water partition coefficient (Wildman–Crippen LogP) is 3.37. The van der Waals surface area contributed by atoms with Gasteiger partial charge in [-0.3, -0.25) is 4.79 Å². The fourth-order valence-electron chi connectivity index (χ4n) is 4.57. The van der Waals surface area contributed by atoms with Crippen molar-refractivity contribution in [3.63, 3.8) is 0 Å². The van der Waals surface area contributed by atoms with Crippen molar-refractivity contribution in [2.24, 2.45) is 17.8 Å². The molecule has 1 N–H and O–H groups in total. The molecule has 3 atom stereocenters. The molecule has 0 spiro atoms. The van der Waals surface area contributed by atoms with Gasteiger partial charge in [0.25, 0.3) is 0 Å². The summed E-state index contributed by atoms with van der Waals surface area (Å²) in [6.07, 6.45) is 11.7. The molecule has 2 aromatic rings. The Hall–Kier alpha value is -2.10. The molecule has 2 fully saturated rings. The number of benzene rings is 1. The third kappa shape index (κ3) is 3.53. The maximum Gasteiger partial charge on any atom is 0.220 e. The van der Waals surface area contributed by atoms with E-state index in [4.69, 9.17) is 0 Å². The van der Waals surface area contributed by atoms with Crippen molar-refractivity contribution < 1.29 is 4.79 Å². The van der Waals surface area contributed by atoms with Gasteiger partial charge in [-0.2, -0.15) is 0 Å². The smallest absolute Gasteiger partial charge is 0.220 e. The van der Waals surface area contributed by atoms with Crippen molar-refractivity contribution in [1.82, 2.24) is 14.9 Å². The van der Waals surface area contributed by atoms with Crippen molar-refractivity contribution in [2.75, 3.05) is 0 Å². The molecule has 1 aromatic carbocycles. The average molecular weight is 323 g/mol. The first-order valence-electron chi connectivity index (χ1n) is 9.06. The molecular weight excluding hydrogens is 298 g/mol. The molecule has 0 saturated heterocycles. The molecule has 1 aromatic heterocycles. The lowest BCUT2D eigenvalue weighted by Crippen LogP contribution is -2.26. The molecule has 4 heteroatoms. The summed E-state index contributed by atoms with van der Waals surface area (Å²) in [5.41, 5.74) is 2.39. The molecule has 0 radical (unpaired) electrons. The molecule has 1 heterocycles. The van der Waals surface area contributed by atoms with Crippen LogP contribution in [-0.4, -0.2) is 15.5 Å². The van der Waals surface area contributed by atoms with E-state index in [1.807, 2.05) is 17.1 Å². The second-order valence-electron chi connectivity index (χ2n) is 7.47. The van der Waals surface area contributed by atoms with Gasteiger partial charge in [-0.15, -0.1) is 0 Å². The van der Waals surface area contributed by atoms with E-state index in [0.29, 0.717) is 12.5 Å². The van der Waals surface area contributed by atoms with E-state index in [0.717, 1.165) is 30.4 Å². The first kappa shape index (κ1) is 15.4. The summed E-state index contributed by atoms with van der Waals surface area (Å²) in [6.45, 7) is 1.43. The summed E-state index contributed by atoms with van der Waals surface area (Å²) in [6, 6.07) is 8.41. The highest BCUT2D eigenvalue weighted by atomic mass is 16.1. The summed E-state index contributed by atoms with van der Waals surface area (Å²) in [7, 11) is 0. The Morgan fingerprint density at radius 3 is 2.92 bits per heavy atom. The molecule has 4 nitrogen and oxygen atoms in total. The van der Waals surface area contributed by atoms with Gasteiger partial charge in [0.1, 0.15) is 0 Å². The highest BCUT2D eigenvalue weighted by molar-refractivity contribution is 5.76. The van der Waals surface area contributed by atoms with E-state index in [1.54, 1.807) is 6.20 Å². The Labute approximate surface area is 143 Å². The largest absolute Gasteiger partial charge is 0.352 e.